The summed E-state index contributed by atoms with van der Waals surface area (Å²) in [5.74, 6) is 0.870. The lowest BCUT2D eigenvalue weighted by atomic mass is 9.79. The standard InChI is InChI=1S/C22H30N2O3/c25-21(20-4-2-1-3-5-20)24-16-22(17-24)14-18(9-13-27-22)8-12-26-15-19-6-10-23-11-7-19/h4,6-7,10-11,18H,1-3,5,8-9,12-17H2/t18-/m0/s1. The van der Waals surface area contributed by atoms with E-state index in [1.165, 1.54) is 12.0 Å². The topological polar surface area (TPSA) is 51.7 Å². The van der Waals surface area contributed by atoms with Crippen molar-refractivity contribution in [2.45, 2.75) is 57.2 Å². The van der Waals surface area contributed by atoms with E-state index in [-0.39, 0.29) is 11.5 Å². The Kier molecular flexibility index (Phi) is 5.89. The van der Waals surface area contributed by atoms with Crippen molar-refractivity contribution >= 4 is 5.91 Å². The molecule has 0 radical (unpaired) electrons. The van der Waals surface area contributed by atoms with Crippen LogP contribution in [0.15, 0.2) is 36.2 Å². The summed E-state index contributed by atoms with van der Waals surface area (Å²) in [6.45, 7) is 3.75. The smallest absolute Gasteiger partial charge is 0.249 e. The van der Waals surface area contributed by atoms with Gasteiger partial charge in [-0.2, -0.15) is 0 Å². The predicted octanol–water partition coefficient (Wildman–Crippen LogP) is 3.50. The first-order valence-electron chi connectivity index (χ1n) is 10.3. The first-order valence-corrected chi connectivity index (χ1v) is 10.3. The van der Waals surface area contributed by atoms with Crippen LogP contribution in [0.5, 0.6) is 0 Å². The Hall–Kier alpha value is -1.72. The molecule has 1 aliphatic carbocycles. The van der Waals surface area contributed by atoms with Crippen LogP contribution in [-0.2, 0) is 20.9 Å². The number of amides is 1. The lowest BCUT2D eigenvalue weighted by molar-refractivity contribution is -0.187. The number of hydrogen-bond donors (Lipinski definition) is 0. The number of nitrogens with zero attached hydrogens (tertiary/aromatic N) is 2. The molecule has 4 rings (SSSR count). The summed E-state index contributed by atoms with van der Waals surface area (Å²) in [6.07, 6.45) is 13.3. The van der Waals surface area contributed by atoms with Crippen molar-refractivity contribution < 1.29 is 14.3 Å². The normalized spacial score (nSPS) is 24.4. The zero-order valence-corrected chi connectivity index (χ0v) is 16.1. The van der Waals surface area contributed by atoms with Gasteiger partial charge in [-0.15, -0.1) is 0 Å². The second-order valence-electron chi connectivity index (χ2n) is 8.22. The predicted molar refractivity (Wildman–Crippen MR) is 103 cm³/mol. The SMILES string of the molecule is O=C(C1=CCCCC1)N1CC2(C[C@@H](CCOCc3ccncc3)CCO2)C1. The van der Waals surface area contributed by atoms with Gasteiger partial charge in [0.05, 0.1) is 19.7 Å². The molecule has 0 saturated carbocycles. The summed E-state index contributed by atoms with van der Waals surface area (Å²) in [5.41, 5.74) is 2.09. The van der Waals surface area contributed by atoms with E-state index in [0.717, 1.165) is 70.4 Å². The molecule has 2 aliphatic heterocycles. The van der Waals surface area contributed by atoms with Gasteiger partial charge in [-0.05, 0) is 68.6 Å². The highest BCUT2D eigenvalue weighted by molar-refractivity contribution is 5.94. The molecule has 3 aliphatic rings. The molecule has 0 unspecified atom stereocenters. The number of carbonyl (C=O) groups is 1. The largest absolute Gasteiger partial charge is 0.377 e. The van der Waals surface area contributed by atoms with Gasteiger partial charge in [0, 0.05) is 31.2 Å². The number of allylic oxidation sites excluding steroid dienone is 1. The van der Waals surface area contributed by atoms with E-state index in [1.807, 2.05) is 17.0 Å². The third-order valence-electron chi connectivity index (χ3n) is 6.09. The first-order chi connectivity index (χ1) is 13.2. The van der Waals surface area contributed by atoms with Gasteiger partial charge in [0.15, 0.2) is 0 Å². The molecule has 1 amide bonds. The maximum absolute atomic E-state index is 12.6. The summed E-state index contributed by atoms with van der Waals surface area (Å²) >= 11 is 0. The second kappa shape index (κ2) is 8.53. The monoisotopic (exact) mass is 370 g/mol. The van der Waals surface area contributed by atoms with Gasteiger partial charge >= 0.3 is 0 Å². The third-order valence-corrected chi connectivity index (χ3v) is 6.09. The minimum Gasteiger partial charge on any atom is -0.377 e. The van der Waals surface area contributed by atoms with E-state index in [9.17, 15) is 4.79 Å². The number of rotatable bonds is 6. The Morgan fingerprint density at radius 1 is 1.30 bits per heavy atom. The minimum atomic E-state index is -0.0983. The van der Waals surface area contributed by atoms with Gasteiger partial charge in [-0.3, -0.25) is 9.78 Å². The van der Waals surface area contributed by atoms with Gasteiger partial charge in [0.2, 0.25) is 5.91 Å². The molecular formula is C22H30N2O3. The van der Waals surface area contributed by atoms with Crippen molar-refractivity contribution in [3.8, 4) is 0 Å². The highest BCUT2D eigenvalue weighted by Gasteiger charge is 2.49. The Morgan fingerprint density at radius 3 is 2.93 bits per heavy atom. The quantitative estimate of drug-likeness (QED) is 0.719. The van der Waals surface area contributed by atoms with E-state index < -0.39 is 0 Å². The molecule has 2 saturated heterocycles. The third kappa shape index (κ3) is 4.58. The van der Waals surface area contributed by atoms with Crippen LogP contribution in [0.2, 0.25) is 0 Å². The molecule has 27 heavy (non-hydrogen) atoms. The molecule has 1 atom stereocenters. The molecule has 5 heteroatoms. The molecule has 0 bridgehead atoms. The molecule has 1 aromatic heterocycles. The maximum atomic E-state index is 12.6. The Bertz CT molecular complexity index is 667. The van der Waals surface area contributed by atoms with E-state index in [1.54, 1.807) is 12.4 Å². The van der Waals surface area contributed by atoms with Crippen LogP contribution in [0.3, 0.4) is 0 Å². The number of likely N-dealkylation sites (tertiary alicyclic amines) is 1. The molecule has 1 aromatic rings. The van der Waals surface area contributed by atoms with Crippen LogP contribution >= 0.6 is 0 Å². The van der Waals surface area contributed by atoms with Crippen molar-refractivity contribution in [1.29, 1.82) is 0 Å². The zero-order chi connectivity index (χ0) is 18.5. The number of hydrogen-bond acceptors (Lipinski definition) is 4. The van der Waals surface area contributed by atoms with E-state index in [4.69, 9.17) is 9.47 Å². The van der Waals surface area contributed by atoms with Crippen LogP contribution in [0.25, 0.3) is 0 Å². The summed E-state index contributed by atoms with van der Waals surface area (Å²) in [4.78, 5) is 18.6. The fraction of sp³-hybridized carbons (Fsp3) is 0.636. The van der Waals surface area contributed by atoms with Crippen molar-refractivity contribution in [3.05, 3.63) is 41.7 Å². The summed E-state index contributed by atoms with van der Waals surface area (Å²) in [6, 6.07) is 3.98. The molecule has 1 spiro atoms. The Morgan fingerprint density at radius 2 is 2.15 bits per heavy atom. The molecule has 146 valence electrons. The summed E-state index contributed by atoms with van der Waals surface area (Å²) in [5, 5.41) is 0. The molecule has 3 heterocycles. The number of carbonyl (C=O) groups excluding carboxylic acids is 1. The van der Waals surface area contributed by atoms with Gasteiger partial charge in [-0.25, -0.2) is 0 Å². The highest BCUT2D eigenvalue weighted by atomic mass is 16.5. The molecule has 5 nitrogen and oxygen atoms in total. The molecular weight excluding hydrogens is 340 g/mol. The van der Waals surface area contributed by atoms with Crippen LogP contribution in [-0.4, -0.2) is 47.7 Å². The Labute approximate surface area is 161 Å². The van der Waals surface area contributed by atoms with Crippen molar-refractivity contribution in [1.82, 2.24) is 9.88 Å². The van der Waals surface area contributed by atoms with Crippen LogP contribution in [0.1, 0.15) is 50.5 Å². The fourth-order valence-electron chi connectivity index (χ4n) is 4.54. The minimum absolute atomic E-state index is 0.0983. The van der Waals surface area contributed by atoms with Crippen LogP contribution in [0.4, 0.5) is 0 Å². The maximum Gasteiger partial charge on any atom is 0.249 e. The summed E-state index contributed by atoms with van der Waals surface area (Å²) < 4.78 is 12.0. The van der Waals surface area contributed by atoms with Gasteiger partial charge in [0.1, 0.15) is 5.60 Å². The van der Waals surface area contributed by atoms with E-state index >= 15 is 0 Å². The molecule has 2 fully saturated rings. The van der Waals surface area contributed by atoms with Crippen molar-refractivity contribution in [2.24, 2.45) is 5.92 Å². The lowest BCUT2D eigenvalue weighted by Crippen LogP contribution is -2.66. The summed E-state index contributed by atoms with van der Waals surface area (Å²) in [7, 11) is 0. The van der Waals surface area contributed by atoms with Crippen molar-refractivity contribution in [3.63, 3.8) is 0 Å². The van der Waals surface area contributed by atoms with Crippen molar-refractivity contribution in [2.75, 3.05) is 26.3 Å². The highest BCUT2D eigenvalue weighted by Crippen LogP contribution is 2.39. The second-order valence-corrected chi connectivity index (χ2v) is 8.22. The lowest BCUT2D eigenvalue weighted by Gasteiger charge is -2.53. The average molecular weight is 370 g/mol. The molecule has 0 aromatic carbocycles. The number of ether oxygens (including phenoxy) is 2. The fourth-order valence-corrected chi connectivity index (χ4v) is 4.54. The van der Waals surface area contributed by atoms with Gasteiger partial charge in [0.25, 0.3) is 0 Å². The van der Waals surface area contributed by atoms with E-state index in [0.29, 0.717) is 12.5 Å². The van der Waals surface area contributed by atoms with Crippen LogP contribution < -0.4 is 0 Å². The van der Waals surface area contributed by atoms with Gasteiger partial charge < -0.3 is 14.4 Å². The zero-order valence-electron chi connectivity index (χ0n) is 16.1. The Balaban J connectivity index is 1.20. The van der Waals surface area contributed by atoms with Gasteiger partial charge in [-0.1, -0.05) is 6.08 Å². The number of pyridine rings is 1. The first kappa shape index (κ1) is 18.6. The van der Waals surface area contributed by atoms with E-state index in [2.05, 4.69) is 11.1 Å². The number of aromatic nitrogens is 1. The average Bonchev–Trinajstić information content (AvgIpc) is 2.70. The molecule has 0 N–H and O–H groups in total. The van der Waals surface area contributed by atoms with Crippen LogP contribution in [0, 0.1) is 5.92 Å².